The Morgan fingerprint density at radius 2 is 1.55 bits per heavy atom. The molecule has 158 valence electrons. The lowest BCUT2D eigenvalue weighted by molar-refractivity contribution is -0.159. The number of hydrogen-bond acceptors (Lipinski definition) is 5. The minimum absolute atomic E-state index is 0.542. The molecule has 0 amide bonds. The van der Waals surface area contributed by atoms with E-state index in [1.165, 1.54) is 5.56 Å². The Labute approximate surface area is 171 Å². The van der Waals surface area contributed by atoms with Crippen LogP contribution in [0.5, 0.6) is 11.5 Å². The molecule has 0 saturated heterocycles. The molecule has 0 unspecified atom stereocenters. The van der Waals surface area contributed by atoms with Crippen LogP contribution in [-0.2, 0) is 22.7 Å². The molecule has 7 nitrogen and oxygen atoms in total. The van der Waals surface area contributed by atoms with E-state index in [4.69, 9.17) is 29.3 Å². The van der Waals surface area contributed by atoms with Gasteiger partial charge in [-0.25, -0.2) is 9.59 Å². The highest BCUT2D eigenvalue weighted by Crippen LogP contribution is 2.29. The van der Waals surface area contributed by atoms with Gasteiger partial charge in [0.05, 0.1) is 7.11 Å². The highest BCUT2D eigenvalue weighted by atomic mass is 16.5. The monoisotopic (exact) mass is 403 g/mol. The van der Waals surface area contributed by atoms with Crippen molar-refractivity contribution in [3.8, 4) is 11.5 Å². The third-order valence-electron chi connectivity index (χ3n) is 4.23. The van der Waals surface area contributed by atoms with Crippen LogP contribution in [0, 0.1) is 0 Å². The van der Waals surface area contributed by atoms with Gasteiger partial charge in [0.15, 0.2) is 11.5 Å². The molecule has 0 heterocycles. The van der Waals surface area contributed by atoms with E-state index in [0.717, 1.165) is 36.4 Å². The van der Waals surface area contributed by atoms with Gasteiger partial charge in [-0.05, 0) is 36.1 Å². The van der Waals surface area contributed by atoms with Crippen molar-refractivity contribution in [1.82, 2.24) is 5.32 Å². The quantitative estimate of drug-likeness (QED) is 0.548. The number of carboxylic acid groups (broad SMARTS) is 2. The molecule has 2 aromatic rings. The predicted octanol–water partition coefficient (Wildman–Crippen LogP) is 3.71. The van der Waals surface area contributed by atoms with E-state index in [0.29, 0.717) is 12.6 Å². The molecule has 7 heteroatoms. The molecule has 0 spiro atoms. The number of methoxy groups -OCH3 is 1. The Bertz CT molecular complexity index is 747. The third-order valence-corrected chi connectivity index (χ3v) is 4.23. The molecule has 0 saturated carbocycles. The Kier molecular flexibility index (Phi) is 10.9. The number of carboxylic acids is 2. The number of benzene rings is 2. The topological polar surface area (TPSA) is 105 Å². The van der Waals surface area contributed by atoms with Crippen molar-refractivity contribution < 1.29 is 29.3 Å². The summed E-state index contributed by atoms with van der Waals surface area (Å²) in [6, 6.07) is 16.9. The Balaban J connectivity index is 0.000000612. The largest absolute Gasteiger partial charge is 0.493 e. The van der Waals surface area contributed by atoms with E-state index >= 15 is 0 Å². The normalized spacial score (nSPS) is 10.1. The fourth-order valence-corrected chi connectivity index (χ4v) is 2.52. The first-order valence-corrected chi connectivity index (χ1v) is 9.44. The summed E-state index contributed by atoms with van der Waals surface area (Å²) >= 11 is 0. The van der Waals surface area contributed by atoms with Gasteiger partial charge in [0.25, 0.3) is 0 Å². The number of aliphatic carboxylic acids is 2. The maximum atomic E-state index is 9.10. The first-order valence-electron chi connectivity index (χ1n) is 9.44. The van der Waals surface area contributed by atoms with E-state index in [9.17, 15) is 0 Å². The summed E-state index contributed by atoms with van der Waals surface area (Å²) in [5.74, 6) is -2.09. The second-order valence-corrected chi connectivity index (χ2v) is 6.26. The molecule has 0 atom stereocenters. The number of nitrogens with one attached hydrogen (secondary N) is 1. The first kappa shape index (κ1) is 24.0. The Morgan fingerprint density at radius 1 is 0.931 bits per heavy atom. The molecule has 0 fully saturated rings. The van der Waals surface area contributed by atoms with Crippen LogP contribution in [-0.4, -0.2) is 35.3 Å². The van der Waals surface area contributed by atoms with Crippen LogP contribution in [0.4, 0.5) is 0 Å². The van der Waals surface area contributed by atoms with Gasteiger partial charge in [0.2, 0.25) is 0 Å². The summed E-state index contributed by atoms with van der Waals surface area (Å²) in [4.78, 5) is 18.2. The van der Waals surface area contributed by atoms with Crippen molar-refractivity contribution in [2.24, 2.45) is 0 Å². The predicted molar refractivity (Wildman–Crippen MR) is 110 cm³/mol. The van der Waals surface area contributed by atoms with E-state index in [-0.39, 0.29) is 0 Å². The third kappa shape index (κ3) is 9.12. The second kappa shape index (κ2) is 13.2. The molecular formula is C22H29NO6. The van der Waals surface area contributed by atoms with Gasteiger partial charge in [-0.1, -0.05) is 50.2 Å². The fourth-order valence-electron chi connectivity index (χ4n) is 2.52. The SMILES string of the molecule is CCC(CC)NCc1ccc(OC)c(OCc2ccccc2)c1.O=C(O)C(=O)O. The standard InChI is InChI=1S/C20H27NO2.C2H2O4/c1-4-18(5-2)21-14-17-11-12-19(22-3)20(13-17)23-15-16-9-7-6-8-10-16;3-1(4)2(5)6/h6-13,18,21H,4-5,14-15H2,1-3H3;(H,3,4)(H,5,6). The van der Waals surface area contributed by atoms with Gasteiger partial charge in [-0.3, -0.25) is 0 Å². The van der Waals surface area contributed by atoms with Crippen molar-refractivity contribution in [2.75, 3.05) is 7.11 Å². The van der Waals surface area contributed by atoms with Crippen LogP contribution in [0.15, 0.2) is 48.5 Å². The average molecular weight is 403 g/mol. The minimum Gasteiger partial charge on any atom is -0.493 e. The maximum Gasteiger partial charge on any atom is 0.414 e. The number of hydrogen-bond donors (Lipinski definition) is 3. The van der Waals surface area contributed by atoms with Gasteiger partial charge >= 0.3 is 11.9 Å². The Hall–Kier alpha value is -3.06. The van der Waals surface area contributed by atoms with Gasteiger partial charge in [-0.15, -0.1) is 0 Å². The van der Waals surface area contributed by atoms with Crippen molar-refractivity contribution in [1.29, 1.82) is 0 Å². The molecule has 3 N–H and O–H groups in total. The van der Waals surface area contributed by atoms with Crippen molar-refractivity contribution in [3.63, 3.8) is 0 Å². The zero-order valence-electron chi connectivity index (χ0n) is 17.1. The summed E-state index contributed by atoms with van der Waals surface area (Å²) in [5, 5.41) is 18.4. The highest BCUT2D eigenvalue weighted by molar-refractivity contribution is 6.27. The van der Waals surface area contributed by atoms with E-state index in [1.54, 1.807) is 7.11 Å². The highest BCUT2D eigenvalue weighted by Gasteiger charge is 2.08. The zero-order valence-corrected chi connectivity index (χ0v) is 17.1. The average Bonchev–Trinajstić information content (AvgIpc) is 2.74. The lowest BCUT2D eigenvalue weighted by atomic mass is 10.1. The minimum atomic E-state index is -1.82. The van der Waals surface area contributed by atoms with Crippen LogP contribution in [0.25, 0.3) is 0 Å². The van der Waals surface area contributed by atoms with Crippen LogP contribution in [0.3, 0.4) is 0 Å². The summed E-state index contributed by atoms with van der Waals surface area (Å²) in [5.41, 5.74) is 2.36. The van der Waals surface area contributed by atoms with Crippen molar-refractivity contribution in [3.05, 3.63) is 59.7 Å². The molecule has 0 aromatic heterocycles. The summed E-state index contributed by atoms with van der Waals surface area (Å²) < 4.78 is 11.4. The smallest absolute Gasteiger partial charge is 0.414 e. The molecular weight excluding hydrogens is 374 g/mol. The van der Waals surface area contributed by atoms with Gasteiger partial charge in [0.1, 0.15) is 6.61 Å². The van der Waals surface area contributed by atoms with Crippen molar-refractivity contribution >= 4 is 11.9 Å². The molecule has 0 aliphatic rings. The van der Waals surface area contributed by atoms with Gasteiger partial charge < -0.3 is 25.0 Å². The maximum absolute atomic E-state index is 9.10. The number of ether oxygens (including phenoxy) is 2. The molecule has 0 aliphatic carbocycles. The first-order chi connectivity index (χ1) is 13.9. The summed E-state index contributed by atoms with van der Waals surface area (Å²) in [6.07, 6.45) is 2.29. The van der Waals surface area contributed by atoms with Crippen LogP contribution in [0.2, 0.25) is 0 Å². The van der Waals surface area contributed by atoms with Gasteiger partial charge in [0, 0.05) is 12.6 Å². The lowest BCUT2D eigenvalue weighted by Crippen LogP contribution is -2.26. The van der Waals surface area contributed by atoms with Crippen LogP contribution >= 0.6 is 0 Å². The molecule has 0 bridgehead atoms. The molecule has 2 aromatic carbocycles. The molecule has 2 rings (SSSR count). The van der Waals surface area contributed by atoms with Gasteiger partial charge in [-0.2, -0.15) is 0 Å². The summed E-state index contributed by atoms with van der Waals surface area (Å²) in [6.45, 7) is 5.81. The zero-order chi connectivity index (χ0) is 21.6. The second-order valence-electron chi connectivity index (χ2n) is 6.26. The van der Waals surface area contributed by atoms with Crippen molar-refractivity contribution in [2.45, 2.75) is 45.9 Å². The fraction of sp³-hybridized carbons (Fsp3) is 0.364. The van der Waals surface area contributed by atoms with Crippen LogP contribution < -0.4 is 14.8 Å². The molecule has 0 aliphatic heterocycles. The Morgan fingerprint density at radius 3 is 2.07 bits per heavy atom. The van der Waals surface area contributed by atoms with Crippen LogP contribution in [0.1, 0.15) is 37.8 Å². The van der Waals surface area contributed by atoms with E-state index in [2.05, 4.69) is 43.4 Å². The van der Waals surface area contributed by atoms with E-state index < -0.39 is 11.9 Å². The number of carbonyl (C=O) groups is 2. The molecule has 0 radical (unpaired) electrons. The lowest BCUT2D eigenvalue weighted by Gasteiger charge is -2.16. The molecule has 29 heavy (non-hydrogen) atoms. The number of rotatable bonds is 9. The van der Waals surface area contributed by atoms with E-state index in [1.807, 2.05) is 24.3 Å². The summed E-state index contributed by atoms with van der Waals surface area (Å²) in [7, 11) is 1.67.